The van der Waals surface area contributed by atoms with Crippen LogP contribution in [0.2, 0.25) is 0 Å². The van der Waals surface area contributed by atoms with Gasteiger partial charge in [0.05, 0.1) is 12.1 Å². The lowest BCUT2D eigenvalue weighted by Crippen LogP contribution is -2.23. The molecule has 0 unspecified atom stereocenters. The number of nitrogens with zero attached hydrogens (tertiary/aromatic N) is 4. The van der Waals surface area contributed by atoms with Crippen molar-refractivity contribution in [3.63, 3.8) is 0 Å². The molecule has 0 atom stereocenters. The highest BCUT2D eigenvalue weighted by atomic mass is 16.1. The first kappa shape index (κ1) is 12.9. The van der Waals surface area contributed by atoms with E-state index in [1.165, 1.54) is 6.20 Å². The van der Waals surface area contributed by atoms with E-state index in [0.717, 1.165) is 5.56 Å². The zero-order valence-electron chi connectivity index (χ0n) is 11.0. The van der Waals surface area contributed by atoms with E-state index in [1.807, 2.05) is 12.1 Å². The SMILES string of the molecule is O=C(NCc1nc(-c2cccnc2)n[nH]1)c1cccnc1. The molecule has 0 aromatic carbocycles. The van der Waals surface area contributed by atoms with Gasteiger partial charge in [-0.2, -0.15) is 5.10 Å². The second kappa shape index (κ2) is 5.91. The molecular formula is C14H12N6O. The summed E-state index contributed by atoms with van der Waals surface area (Å²) >= 11 is 0. The van der Waals surface area contributed by atoms with Crippen molar-refractivity contribution in [3.05, 3.63) is 60.4 Å². The summed E-state index contributed by atoms with van der Waals surface area (Å²) in [6.07, 6.45) is 6.50. The van der Waals surface area contributed by atoms with E-state index in [0.29, 0.717) is 17.2 Å². The predicted molar refractivity (Wildman–Crippen MR) is 75.0 cm³/mol. The van der Waals surface area contributed by atoms with Crippen LogP contribution in [0.5, 0.6) is 0 Å². The standard InChI is InChI=1S/C14H12N6O/c21-14(11-4-2-6-16-8-11)17-9-12-18-13(20-19-12)10-3-1-5-15-7-10/h1-8H,9H2,(H,17,21)(H,18,19,20). The highest BCUT2D eigenvalue weighted by Crippen LogP contribution is 2.11. The van der Waals surface area contributed by atoms with Gasteiger partial charge in [0, 0.05) is 30.4 Å². The Morgan fingerprint density at radius 1 is 1.14 bits per heavy atom. The van der Waals surface area contributed by atoms with Crippen molar-refractivity contribution in [3.8, 4) is 11.4 Å². The molecule has 1 amide bonds. The Morgan fingerprint density at radius 2 is 1.95 bits per heavy atom. The van der Waals surface area contributed by atoms with Gasteiger partial charge >= 0.3 is 0 Å². The fraction of sp³-hybridized carbons (Fsp3) is 0.0714. The number of carbonyl (C=O) groups is 1. The topological polar surface area (TPSA) is 96.5 Å². The third-order valence-electron chi connectivity index (χ3n) is 2.79. The fourth-order valence-corrected chi connectivity index (χ4v) is 1.76. The maximum absolute atomic E-state index is 11.9. The maximum Gasteiger partial charge on any atom is 0.253 e. The van der Waals surface area contributed by atoms with Gasteiger partial charge in [-0.05, 0) is 24.3 Å². The van der Waals surface area contributed by atoms with Gasteiger partial charge in [0.25, 0.3) is 5.91 Å². The number of nitrogens with one attached hydrogen (secondary N) is 2. The van der Waals surface area contributed by atoms with Gasteiger partial charge in [-0.3, -0.25) is 19.9 Å². The molecule has 2 N–H and O–H groups in total. The van der Waals surface area contributed by atoms with Gasteiger partial charge in [0.1, 0.15) is 5.82 Å². The zero-order chi connectivity index (χ0) is 14.5. The minimum absolute atomic E-state index is 0.206. The van der Waals surface area contributed by atoms with E-state index in [2.05, 4.69) is 30.5 Å². The lowest BCUT2D eigenvalue weighted by molar-refractivity contribution is 0.0949. The van der Waals surface area contributed by atoms with Gasteiger partial charge in [0.15, 0.2) is 5.82 Å². The summed E-state index contributed by atoms with van der Waals surface area (Å²) in [5, 5.41) is 9.64. The lowest BCUT2D eigenvalue weighted by Gasteiger charge is -2.01. The molecule has 3 aromatic heterocycles. The van der Waals surface area contributed by atoms with Crippen LogP contribution >= 0.6 is 0 Å². The molecule has 7 nitrogen and oxygen atoms in total. The fourth-order valence-electron chi connectivity index (χ4n) is 1.76. The first-order chi connectivity index (χ1) is 10.3. The van der Waals surface area contributed by atoms with Gasteiger partial charge in [0.2, 0.25) is 0 Å². The number of carbonyl (C=O) groups excluding carboxylic acids is 1. The highest BCUT2D eigenvalue weighted by Gasteiger charge is 2.08. The molecule has 0 bridgehead atoms. The van der Waals surface area contributed by atoms with Crippen molar-refractivity contribution in [2.75, 3.05) is 0 Å². The van der Waals surface area contributed by atoms with E-state index >= 15 is 0 Å². The van der Waals surface area contributed by atoms with Crippen LogP contribution in [-0.2, 0) is 6.54 Å². The molecule has 7 heteroatoms. The molecule has 0 aliphatic carbocycles. The Hall–Kier alpha value is -3.09. The second-order valence-corrected chi connectivity index (χ2v) is 4.27. The normalized spacial score (nSPS) is 10.3. The van der Waals surface area contributed by atoms with E-state index in [4.69, 9.17) is 0 Å². The summed E-state index contributed by atoms with van der Waals surface area (Å²) in [5.74, 6) is 0.919. The van der Waals surface area contributed by atoms with Gasteiger partial charge in [-0.1, -0.05) is 0 Å². The molecule has 3 aromatic rings. The quantitative estimate of drug-likeness (QED) is 0.748. The Bertz CT molecular complexity index is 725. The van der Waals surface area contributed by atoms with Crippen molar-refractivity contribution >= 4 is 5.91 Å². The number of hydrogen-bond donors (Lipinski definition) is 2. The largest absolute Gasteiger partial charge is 0.345 e. The highest BCUT2D eigenvalue weighted by molar-refractivity contribution is 5.93. The number of aromatic nitrogens is 5. The minimum Gasteiger partial charge on any atom is -0.345 e. The van der Waals surface area contributed by atoms with Crippen LogP contribution < -0.4 is 5.32 Å². The van der Waals surface area contributed by atoms with E-state index < -0.39 is 0 Å². The van der Waals surface area contributed by atoms with Crippen LogP contribution in [0.4, 0.5) is 0 Å². The number of rotatable bonds is 4. The predicted octanol–water partition coefficient (Wildman–Crippen LogP) is 1.19. The van der Waals surface area contributed by atoms with Crippen molar-refractivity contribution in [1.29, 1.82) is 0 Å². The molecule has 0 aliphatic rings. The van der Waals surface area contributed by atoms with Gasteiger partial charge in [-0.25, -0.2) is 4.98 Å². The van der Waals surface area contributed by atoms with Gasteiger partial charge < -0.3 is 5.32 Å². The maximum atomic E-state index is 11.9. The van der Waals surface area contributed by atoms with Crippen molar-refractivity contribution in [2.24, 2.45) is 0 Å². The van der Waals surface area contributed by atoms with Crippen LogP contribution in [-0.4, -0.2) is 31.1 Å². The molecule has 3 rings (SSSR count). The molecule has 0 radical (unpaired) electrons. The van der Waals surface area contributed by atoms with Crippen molar-refractivity contribution in [1.82, 2.24) is 30.5 Å². The molecule has 0 fully saturated rings. The van der Waals surface area contributed by atoms with Crippen LogP contribution in [0, 0.1) is 0 Å². The summed E-state index contributed by atoms with van der Waals surface area (Å²) in [4.78, 5) is 24.1. The third-order valence-corrected chi connectivity index (χ3v) is 2.79. The molecule has 3 heterocycles. The Morgan fingerprint density at radius 3 is 2.67 bits per heavy atom. The molecule has 21 heavy (non-hydrogen) atoms. The number of H-pyrrole nitrogens is 1. The minimum atomic E-state index is -0.206. The second-order valence-electron chi connectivity index (χ2n) is 4.27. The summed E-state index contributed by atoms with van der Waals surface area (Å²) in [5.41, 5.74) is 1.32. The molecule has 0 spiro atoms. The van der Waals surface area contributed by atoms with Crippen molar-refractivity contribution < 1.29 is 4.79 Å². The third kappa shape index (κ3) is 3.08. The van der Waals surface area contributed by atoms with Crippen molar-refractivity contribution in [2.45, 2.75) is 6.54 Å². The smallest absolute Gasteiger partial charge is 0.253 e. The average molecular weight is 280 g/mol. The van der Waals surface area contributed by atoms with E-state index in [-0.39, 0.29) is 12.5 Å². The molecular weight excluding hydrogens is 268 g/mol. The summed E-state index contributed by atoms with van der Waals surface area (Å²) in [6.45, 7) is 0.265. The van der Waals surface area contributed by atoms with Crippen LogP contribution in [0.15, 0.2) is 49.1 Å². The molecule has 104 valence electrons. The number of amides is 1. The Kier molecular flexibility index (Phi) is 3.64. The summed E-state index contributed by atoms with van der Waals surface area (Å²) in [7, 11) is 0. The monoisotopic (exact) mass is 280 g/mol. The number of hydrogen-bond acceptors (Lipinski definition) is 5. The lowest BCUT2D eigenvalue weighted by atomic mass is 10.3. The Balaban J connectivity index is 1.64. The number of aromatic amines is 1. The van der Waals surface area contributed by atoms with E-state index in [9.17, 15) is 4.79 Å². The van der Waals surface area contributed by atoms with Crippen LogP contribution in [0.3, 0.4) is 0 Å². The summed E-state index contributed by atoms with van der Waals surface area (Å²) < 4.78 is 0. The summed E-state index contributed by atoms with van der Waals surface area (Å²) in [6, 6.07) is 7.09. The first-order valence-corrected chi connectivity index (χ1v) is 6.33. The first-order valence-electron chi connectivity index (χ1n) is 6.33. The van der Waals surface area contributed by atoms with Crippen LogP contribution in [0.25, 0.3) is 11.4 Å². The van der Waals surface area contributed by atoms with E-state index in [1.54, 1.807) is 30.7 Å². The molecule has 0 saturated carbocycles. The molecule has 0 saturated heterocycles. The number of pyridine rings is 2. The van der Waals surface area contributed by atoms with Gasteiger partial charge in [-0.15, -0.1) is 0 Å². The molecule has 0 aliphatic heterocycles. The van der Waals surface area contributed by atoms with Crippen LogP contribution in [0.1, 0.15) is 16.2 Å². The average Bonchev–Trinajstić information content (AvgIpc) is 3.03. The zero-order valence-corrected chi connectivity index (χ0v) is 11.0. The Labute approximate surface area is 120 Å².